The van der Waals surface area contributed by atoms with Crippen LogP contribution in [0, 0.1) is 6.42 Å². The topological polar surface area (TPSA) is 9.23 Å². The molecule has 3 heteroatoms. The molecule has 1 nitrogen and oxygen atoms in total. The number of ether oxygens (including phenoxy) is 1. The van der Waals surface area contributed by atoms with Crippen molar-refractivity contribution in [3.63, 3.8) is 0 Å². The van der Waals surface area contributed by atoms with E-state index >= 15 is 0 Å². The van der Waals surface area contributed by atoms with Crippen LogP contribution in [-0.4, -0.2) is 12.7 Å². The van der Waals surface area contributed by atoms with E-state index in [1.807, 2.05) is 0 Å². The van der Waals surface area contributed by atoms with Crippen molar-refractivity contribution in [1.29, 1.82) is 0 Å². The second-order valence-corrected chi connectivity index (χ2v) is 1.88. The van der Waals surface area contributed by atoms with Crippen molar-refractivity contribution in [2.45, 2.75) is 25.9 Å². The van der Waals surface area contributed by atoms with E-state index in [-0.39, 0.29) is 40.1 Å². The number of hydrogen-bond donors (Lipinski definition) is 0. The first-order valence-corrected chi connectivity index (χ1v) is 2.84. The molecule has 1 fully saturated rings. The predicted octanol–water partition coefficient (Wildman–Crippen LogP) is -1.61. The van der Waals surface area contributed by atoms with E-state index in [0.717, 1.165) is 6.61 Å². The molecule has 0 N–H and O–H groups in total. The normalized spacial score (nSPS) is 24.3. The summed E-state index contributed by atoms with van der Waals surface area (Å²) in [5, 5.41) is 0. The SMILES string of the molecule is C[CH][C@@H]1CCCO1.[Cl-].[Hg+]. The van der Waals surface area contributed by atoms with E-state index in [0.29, 0.717) is 6.10 Å². The zero-order valence-electron chi connectivity index (χ0n) is 5.77. The van der Waals surface area contributed by atoms with E-state index in [1.165, 1.54) is 12.8 Å². The van der Waals surface area contributed by atoms with Crippen LogP contribution in [0.4, 0.5) is 0 Å². The van der Waals surface area contributed by atoms with Crippen LogP contribution < -0.4 is 12.4 Å². The van der Waals surface area contributed by atoms with Crippen LogP contribution in [0.25, 0.3) is 0 Å². The van der Waals surface area contributed by atoms with Crippen molar-refractivity contribution in [3.05, 3.63) is 6.42 Å². The Kier molecular flexibility index (Phi) is 10.4. The van der Waals surface area contributed by atoms with Gasteiger partial charge in [0, 0.05) is 6.61 Å². The van der Waals surface area contributed by atoms with Crippen molar-refractivity contribution in [2.75, 3.05) is 6.61 Å². The van der Waals surface area contributed by atoms with Gasteiger partial charge in [0.1, 0.15) is 0 Å². The number of hydrogen-bond acceptors (Lipinski definition) is 1. The summed E-state index contributed by atoms with van der Waals surface area (Å²) < 4.78 is 5.25. The van der Waals surface area contributed by atoms with Gasteiger partial charge in [0.15, 0.2) is 0 Å². The van der Waals surface area contributed by atoms with Gasteiger partial charge in [-0.3, -0.25) is 0 Å². The first-order valence-electron chi connectivity index (χ1n) is 2.84. The molecule has 0 bridgehead atoms. The van der Waals surface area contributed by atoms with Gasteiger partial charge in [-0.1, -0.05) is 6.92 Å². The van der Waals surface area contributed by atoms with Gasteiger partial charge in [-0.2, -0.15) is 0 Å². The largest absolute Gasteiger partial charge is 1.00 e. The minimum absolute atomic E-state index is 0. The van der Waals surface area contributed by atoms with Crippen LogP contribution in [-0.2, 0) is 32.4 Å². The van der Waals surface area contributed by atoms with Gasteiger partial charge in [0.05, 0.1) is 6.10 Å². The molecule has 0 aliphatic carbocycles. The van der Waals surface area contributed by atoms with Crippen LogP contribution in [0.3, 0.4) is 0 Å². The van der Waals surface area contributed by atoms with Crippen LogP contribution in [0.1, 0.15) is 19.8 Å². The Morgan fingerprint density at radius 2 is 2.22 bits per heavy atom. The number of rotatable bonds is 1. The molecule has 1 aliphatic rings. The molecule has 1 heterocycles. The van der Waals surface area contributed by atoms with Crippen LogP contribution in [0.15, 0.2) is 0 Å². The molecule has 0 saturated carbocycles. The van der Waals surface area contributed by atoms with Gasteiger partial charge >= 0.3 is 27.7 Å². The zero-order chi connectivity index (χ0) is 5.11. The summed E-state index contributed by atoms with van der Waals surface area (Å²) in [5.41, 5.74) is 0. The quantitative estimate of drug-likeness (QED) is 0.524. The fourth-order valence-corrected chi connectivity index (χ4v) is 0.865. The van der Waals surface area contributed by atoms with Crippen molar-refractivity contribution in [3.8, 4) is 0 Å². The van der Waals surface area contributed by atoms with Crippen LogP contribution in [0.5, 0.6) is 0 Å². The summed E-state index contributed by atoms with van der Waals surface area (Å²) >= 11 is 0. The first kappa shape index (κ1) is 12.8. The van der Waals surface area contributed by atoms with Crippen molar-refractivity contribution < 1.29 is 44.8 Å². The Bertz CT molecular complexity index is 55.0. The van der Waals surface area contributed by atoms with Crippen molar-refractivity contribution >= 4 is 0 Å². The van der Waals surface area contributed by atoms with Gasteiger partial charge in [-0.15, -0.1) is 0 Å². The van der Waals surface area contributed by atoms with E-state index < -0.39 is 0 Å². The third-order valence-electron chi connectivity index (χ3n) is 1.34. The summed E-state index contributed by atoms with van der Waals surface area (Å²) in [6, 6.07) is 0. The molecule has 1 aliphatic heterocycles. The van der Waals surface area contributed by atoms with Crippen molar-refractivity contribution in [2.24, 2.45) is 0 Å². The maximum atomic E-state index is 5.25. The maximum absolute atomic E-state index is 5.25. The average molecular weight is 335 g/mol. The molecule has 0 spiro atoms. The summed E-state index contributed by atoms with van der Waals surface area (Å²) in [7, 11) is 0. The van der Waals surface area contributed by atoms with E-state index in [1.54, 1.807) is 0 Å². The summed E-state index contributed by atoms with van der Waals surface area (Å²) in [4.78, 5) is 0. The van der Waals surface area contributed by atoms with E-state index in [4.69, 9.17) is 4.74 Å². The summed E-state index contributed by atoms with van der Waals surface area (Å²) in [6.45, 7) is 3.02. The number of halogens is 1. The third kappa shape index (κ3) is 4.57. The van der Waals surface area contributed by atoms with Crippen LogP contribution in [0.2, 0.25) is 0 Å². The predicted molar refractivity (Wildman–Crippen MR) is 28.9 cm³/mol. The molecular formula is C6H11ClHgO. The molecule has 0 aromatic carbocycles. The maximum Gasteiger partial charge on any atom is 1.00 e. The van der Waals surface area contributed by atoms with Gasteiger partial charge < -0.3 is 17.1 Å². The average Bonchev–Trinajstić information content (AvgIpc) is 2.14. The summed E-state index contributed by atoms with van der Waals surface area (Å²) in [6.07, 6.45) is 5.07. The second kappa shape index (κ2) is 7.29. The third-order valence-corrected chi connectivity index (χ3v) is 1.34. The molecule has 9 heavy (non-hydrogen) atoms. The van der Waals surface area contributed by atoms with Gasteiger partial charge in [-0.05, 0) is 19.3 Å². The molecular weight excluding hydrogens is 324 g/mol. The fourth-order valence-electron chi connectivity index (χ4n) is 0.865. The van der Waals surface area contributed by atoms with Gasteiger partial charge in [0.25, 0.3) is 0 Å². The molecule has 0 amide bonds. The molecule has 0 unspecified atom stereocenters. The second-order valence-electron chi connectivity index (χ2n) is 1.88. The Balaban J connectivity index is 0. The molecule has 2 radical (unpaired) electrons. The minimum Gasteiger partial charge on any atom is -1.00 e. The van der Waals surface area contributed by atoms with Gasteiger partial charge in [-0.25, -0.2) is 0 Å². The molecule has 0 aromatic rings. The minimum atomic E-state index is 0. The van der Waals surface area contributed by atoms with Gasteiger partial charge in [0.2, 0.25) is 0 Å². The Morgan fingerprint density at radius 3 is 2.44 bits per heavy atom. The first-order chi connectivity index (χ1) is 3.43. The molecule has 0 aromatic heterocycles. The monoisotopic (exact) mass is 336 g/mol. The standard InChI is InChI=1S/C6H11O.ClH.Hg/c1-2-6-4-3-5-7-6;;/h2,6H,3-5H2,1H3;1H;/q;;+1/p-1/t6-;;/m1../s1. The molecule has 1 atom stereocenters. The Hall–Kier alpha value is 1.19. The summed E-state index contributed by atoms with van der Waals surface area (Å²) in [5.74, 6) is 0. The fraction of sp³-hybridized carbons (Fsp3) is 0.833. The Labute approximate surface area is 83.5 Å². The zero-order valence-corrected chi connectivity index (χ0v) is 12.0. The Morgan fingerprint density at radius 1 is 1.56 bits per heavy atom. The molecule has 1 rings (SSSR count). The van der Waals surface area contributed by atoms with E-state index in [9.17, 15) is 0 Å². The molecule has 1 saturated heterocycles. The molecule has 50 valence electrons. The van der Waals surface area contributed by atoms with Crippen molar-refractivity contribution in [1.82, 2.24) is 0 Å². The van der Waals surface area contributed by atoms with Crippen LogP contribution >= 0.6 is 0 Å². The smallest absolute Gasteiger partial charge is 1.00 e. The van der Waals surface area contributed by atoms with E-state index in [2.05, 4.69) is 13.3 Å².